The maximum Gasteiger partial charge on any atom is 0.255 e. The first-order valence-electron chi connectivity index (χ1n) is 5.36. The molecular formula is C10H14N4O3. The fourth-order valence-electron chi connectivity index (χ4n) is 1.66. The van der Waals surface area contributed by atoms with Crippen LogP contribution >= 0.6 is 0 Å². The number of nitrogen functional groups attached to an aromatic ring is 1. The topological polar surface area (TPSA) is 90.5 Å². The third-order valence-corrected chi connectivity index (χ3v) is 2.48. The van der Waals surface area contributed by atoms with Crippen LogP contribution in [0.3, 0.4) is 0 Å². The van der Waals surface area contributed by atoms with Gasteiger partial charge in [0.2, 0.25) is 0 Å². The zero-order valence-corrected chi connectivity index (χ0v) is 9.33. The summed E-state index contributed by atoms with van der Waals surface area (Å²) in [5, 5.41) is 4.01. The fourth-order valence-corrected chi connectivity index (χ4v) is 1.66. The molecule has 0 bridgehead atoms. The van der Waals surface area contributed by atoms with E-state index >= 15 is 0 Å². The normalized spacial score (nSPS) is 16.6. The maximum atomic E-state index is 11.4. The van der Waals surface area contributed by atoms with E-state index in [2.05, 4.69) is 5.10 Å². The van der Waals surface area contributed by atoms with E-state index in [4.69, 9.17) is 10.5 Å². The average Bonchev–Trinajstić information content (AvgIpc) is 2.69. The number of carbonyl (C=O) groups excluding carboxylic acids is 2. The Balaban J connectivity index is 1.81. The Bertz CT molecular complexity index is 413. The van der Waals surface area contributed by atoms with Crippen LogP contribution in [0.4, 0.5) is 5.82 Å². The lowest BCUT2D eigenvalue weighted by Crippen LogP contribution is -2.46. The minimum absolute atomic E-state index is 0.0134. The molecule has 0 radical (unpaired) electrons. The first kappa shape index (κ1) is 11.6. The molecule has 0 aromatic carbocycles. The number of amides is 2. The second-order valence-corrected chi connectivity index (χ2v) is 3.79. The summed E-state index contributed by atoms with van der Waals surface area (Å²) >= 11 is 0. The van der Waals surface area contributed by atoms with Crippen molar-refractivity contribution in [3.8, 4) is 0 Å². The minimum atomic E-state index is -0.277. The summed E-state index contributed by atoms with van der Waals surface area (Å²) in [6, 6.07) is 1.70. The van der Waals surface area contributed by atoms with Crippen LogP contribution in [0, 0.1) is 0 Å². The predicted molar refractivity (Wildman–Crippen MR) is 58.8 cm³/mol. The summed E-state index contributed by atoms with van der Waals surface area (Å²) in [5.41, 5.74) is 5.47. The molecule has 7 nitrogen and oxygen atoms in total. The lowest BCUT2D eigenvalue weighted by molar-refractivity contribution is -0.158. The molecule has 0 saturated carbocycles. The number of rotatable bonds is 4. The van der Waals surface area contributed by atoms with Gasteiger partial charge >= 0.3 is 0 Å². The van der Waals surface area contributed by atoms with Crippen molar-refractivity contribution >= 4 is 17.6 Å². The van der Waals surface area contributed by atoms with Crippen LogP contribution in [0.2, 0.25) is 0 Å². The number of anilines is 1. The Hall–Kier alpha value is -1.89. The monoisotopic (exact) mass is 238 g/mol. The first-order valence-corrected chi connectivity index (χ1v) is 5.36. The molecule has 0 spiro atoms. The van der Waals surface area contributed by atoms with E-state index in [1.165, 1.54) is 4.90 Å². The van der Waals surface area contributed by atoms with E-state index in [0.717, 1.165) is 0 Å². The van der Waals surface area contributed by atoms with E-state index in [1.54, 1.807) is 16.9 Å². The Morgan fingerprint density at radius 1 is 1.29 bits per heavy atom. The van der Waals surface area contributed by atoms with Crippen molar-refractivity contribution in [3.05, 3.63) is 12.3 Å². The average molecular weight is 238 g/mol. The van der Waals surface area contributed by atoms with E-state index in [0.29, 0.717) is 25.3 Å². The largest absolute Gasteiger partial charge is 0.382 e. The molecule has 7 heteroatoms. The summed E-state index contributed by atoms with van der Waals surface area (Å²) in [4.78, 5) is 24.0. The molecule has 2 amide bonds. The summed E-state index contributed by atoms with van der Waals surface area (Å²) in [6.07, 6.45) is 2.41. The summed E-state index contributed by atoms with van der Waals surface area (Å²) < 4.78 is 6.50. The molecule has 0 unspecified atom stereocenters. The summed E-state index contributed by atoms with van der Waals surface area (Å²) in [7, 11) is 0. The number of nitrogens with zero attached hydrogens (tertiary/aromatic N) is 3. The highest BCUT2D eigenvalue weighted by atomic mass is 16.5. The lowest BCUT2D eigenvalue weighted by atomic mass is 10.3. The van der Waals surface area contributed by atoms with Crippen LogP contribution in [0.15, 0.2) is 12.3 Å². The maximum absolute atomic E-state index is 11.4. The van der Waals surface area contributed by atoms with Crippen molar-refractivity contribution in [1.29, 1.82) is 0 Å². The van der Waals surface area contributed by atoms with Crippen LogP contribution in [0.5, 0.6) is 0 Å². The molecular weight excluding hydrogens is 224 g/mol. The van der Waals surface area contributed by atoms with Gasteiger partial charge in [-0.15, -0.1) is 0 Å². The Morgan fingerprint density at radius 3 is 2.59 bits per heavy atom. The number of morpholine rings is 1. The van der Waals surface area contributed by atoms with Crippen LogP contribution in [-0.4, -0.2) is 46.3 Å². The highest BCUT2D eigenvalue weighted by Gasteiger charge is 2.25. The van der Waals surface area contributed by atoms with E-state index in [-0.39, 0.29) is 25.0 Å². The molecule has 1 fully saturated rings. The number of carbonyl (C=O) groups is 2. The zero-order valence-electron chi connectivity index (χ0n) is 9.33. The van der Waals surface area contributed by atoms with Gasteiger partial charge in [-0.3, -0.25) is 19.2 Å². The number of nitrogens with two attached hydrogens (primary N) is 1. The molecule has 2 N–H and O–H groups in total. The third-order valence-electron chi connectivity index (χ3n) is 2.48. The number of imide groups is 1. The number of aryl methyl sites for hydroxylation is 1. The first-order chi connectivity index (χ1) is 8.16. The van der Waals surface area contributed by atoms with Crippen LogP contribution in [-0.2, 0) is 20.9 Å². The number of hydrogen-bond donors (Lipinski definition) is 1. The van der Waals surface area contributed by atoms with Crippen LogP contribution < -0.4 is 5.73 Å². The molecule has 0 aliphatic carbocycles. The van der Waals surface area contributed by atoms with Gasteiger partial charge < -0.3 is 10.5 Å². The van der Waals surface area contributed by atoms with Gasteiger partial charge in [0.15, 0.2) is 0 Å². The molecule has 17 heavy (non-hydrogen) atoms. The van der Waals surface area contributed by atoms with Crippen molar-refractivity contribution in [2.24, 2.45) is 0 Å². The number of ether oxygens (including phenoxy) is 1. The van der Waals surface area contributed by atoms with E-state index in [1.807, 2.05) is 0 Å². The lowest BCUT2D eigenvalue weighted by Gasteiger charge is -2.24. The molecule has 0 atom stereocenters. The molecule has 1 aromatic heterocycles. The van der Waals surface area contributed by atoms with Crippen LogP contribution in [0.25, 0.3) is 0 Å². The molecule has 1 saturated heterocycles. The summed E-state index contributed by atoms with van der Waals surface area (Å²) in [5.74, 6) is -0.0917. The standard InChI is InChI=1S/C10H14N4O3/c11-8-2-5-13(12-8)3-1-4-14-9(15)6-17-7-10(14)16/h2,5H,1,3-4,6-7H2,(H2,11,12). The predicted octanol–water partition coefficient (Wildman–Crippen LogP) is -0.759. The fraction of sp³-hybridized carbons (Fsp3) is 0.500. The Morgan fingerprint density at radius 2 is 2.00 bits per heavy atom. The number of aromatic nitrogens is 2. The second kappa shape index (κ2) is 4.96. The van der Waals surface area contributed by atoms with Gasteiger partial charge in [0, 0.05) is 19.3 Å². The van der Waals surface area contributed by atoms with Gasteiger partial charge in [-0.2, -0.15) is 5.10 Å². The van der Waals surface area contributed by atoms with Gasteiger partial charge in [-0.1, -0.05) is 0 Å². The van der Waals surface area contributed by atoms with Crippen molar-refractivity contribution in [2.45, 2.75) is 13.0 Å². The molecule has 2 heterocycles. The Labute approximate surface area is 98.1 Å². The highest BCUT2D eigenvalue weighted by Crippen LogP contribution is 2.03. The van der Waals surface area contributed by atoms with Crippen molar-refractivity contribution in [3.63, 3.8) is 0 Å². The Kier molecular flexibility index (Phi) is 3.38. The summed E-state index contributed by atoms with van der Waals surface area (Å²) in [6.45, 7) is 0.983. The van der Waals surface area contributed by atoms with Gasteiger partial charge in [0.05, 0.1) is 0 Å². The minimum Gasteiger partial charge on any atom is -0.382 e. The number of hydrogen-bond acceptors (Lipinski definition) is 5. The second-order valence-electron chi connectivity index (χ2n) is 3.79. The molecule has 1 aliphatic heterocycles. The van der Waals surface area contributed by atoms with Crippen molar-refractivity contribution in [1.82, 2.24) is 14.7 Å². The van der Waals surface area contributed by atoms with E-state index < -0.39 is 0 Å². The molecule has 2 rings (SSSR count). The van der Waals surface area contributed by atoms with Gasteiger partial charge in [-0.25, -0.2) is 0 Å². The third kappa shape index (κ3) is 2.82. The van der Waals surface area contributed by atoms with Crippen molar-refractivity contribution < 1.29 is 14.3 Å². The zero-order chi connectivity index (χ0) is 12.3. The van der Waals surface area contributed by atoms with E-state index in [9.17, 15) is 9.59 Å². The SMILES string of the molecule is Nc1ccn(CCCN2C(=O)COCC2=O)n1. The highest BCUT2D eigenvalue weighted by molar-refractivity contribution is 5.98. The quantitative estimate of drug-likeness (QED) is 0.696. The van der Waals surface area contributed by atoms with Crippen LogP contribution in [0.1, 0.15) is 6.42 Å². The smallest absolute Gasteiger partial charge is 0.255 e. The molecule has 92 valence electrons. The molecule has 1 aliphatic rings. The van der Waals surface area contributed by atoms with Gasteiger partial charge in [-0.05, 0) is 12.5 Å². The van der Waals surface area contributed by atoms with Gasteiger partial charge in [0.1, 0.15) is 19.0 Å². The van der Waals surface area contributed by atoms with Gasteiger partial charge in [0.25, 0.3) is 11.8 Å². The molecule has 1 aromatic rings. The van der Waals surface area contributed by atoms with Crippen molar-refractivity contribution in [2.75, 3.05) is 25.5 Å².